The SMILES string of the molecule is CON=C(C(=O)O)C(Cc1ccc(S(=O)(=O)N(C)C)cc1)C(C)=O. The number of carboxylic acid groups (broad SMARTS) is 1. The maximum atomic E-state index is 12.0. The predicted molar refractivity (Wildman–Crippen MR) is 87.3 cm³/mol. The molecule has 1 aromatic rings. The molecule has 0 heterocycles. The quantitative estimate of drug-likeness (QED) is 0.544. The second-order valence-electron chi connectivity index (χ2n) is 5.26. The van der Waals surface area contributed by atoms with Crippen LogP contribution >= 0.6 is 0 Å². The van der Waals surface area contributed by atoms with Crippen molar-refractivity contribution < 1.29 is 28.0 Å². The molecule has 1 unspecified atom stereocenters. The zero-order valence-corrected chi connectivity index (χ0v) is 14.7. The van der Waals surface area contributed by atoms with Gasteiger partial charge < -0.3 is 9.94 Å². The van der Waals surface area contributed by atoms with Crippen molar-refractivity contribution in [3.8, 4) is 0 Å². The van der Waals surface area contributed by atoms with Gasteiger partial charge in [0, 0.05) is 14.1 Å². The summed E-state index contributed by atoms with van der Waals surface area (Å²) < 4.78 is 25.1. The molecule has 0 saturated carbocycles. The van der Waals surface area contributed by atoms with Crippen molar-refractivity contribution in [1.82, 2.24) is 4.31 Å². The van der Waals surface area contributed by atoms with E-state index in [1.165, 1.54) is 40.3 Å². The van der Waals surface area contributed by atoms with Crippen molar-refractivity contribution in [3.63, 3.8) is 0 Å². The number of carbonyl (C=O) groups is 2. The van der Waals surface area contributed by atoms with Crippen LogP contribution in [-0.2, 0) is 30.9 Å². The molecule has 0 aliphatic carbocycles. The van der Waals surface area contributed by atoms with Gasteiger partial charge in [-0.2, -0.15) is 0 Å². The highest BCUT2D eigenvalue weighted by Crippen LogP contribution is 2.17. The monoisotopic (exact) mass is 356 g/mol. The fourth-order valence-corrected chi connectivity index (χ4v) is 2.93. The van der Waals surface area contributed by atoms with Gasteiger partial charge in [0.2, 0.25) is 10.0 Å². The van der Waals surface area contributed by atoms with Crippen LogP contribution in [0.15, 0.2) is 34.3 Å². The van der Waals surface area contributed by atoms with Gasteiger partial charge in [0.1, 0.15) is 12.9 Å². The fraction of sp³-hybridized carbons (Fsp3) is 0.400. The molecule has 0 aliphatic heterocycles. The molecule has 24 heavy (non-hydrogen) atoms. The van der Waals surface area contributed by atoms with Gasteiger partial charge in [-0.25, -0.2) is 17.5 Å². The van der Waals surface area contributed by atoms with Gasteiger partial charge in [-0.05, 0) is 31.0 Å². The zero-order valence-electron chi connectivity index (χ0n) is 13.9. The zero-order chi connectivity index (χ0) is 18.5. The van der Waals surface area contributed by atoms with Gasteiger partial charge >= 0.3 is 5.97 Å². The van der Waals surface area contributed by atoms with E-state index in [1.54, 1.807) is 12.1 Å². The van der Waals surface area contributed by atoms with E-state index in [9.17, 15) is 18.0 Å². The third kappa shape index (κ3) is 4.62. The number of carbonyl (C=O) groups excluding carboxylic acids is 1. The first kappa shape index (κ1) is 19.8. The Morgan fingerprint density at radius 2 is 1.79 bits per heavy atom. The average molecular weight is 356 g/mol. The highest BCUT2D eigenvalue weighted by molar-refractivity contribution is 7.89. The van der Waals surface area contributed by atoms with Gasteiger partial charge in [-0.1, -0.05) is 17.3 Å². The van der Waals surface area contributed by atoms with Gasteiger partial charge in [-0.15, -0.1) is 0 Å². The van der Waals surface area contributed by atoms with E-state index < -0.39 is 27.6 Å². The Kier molecular flexibility index (Phi) is 6.61. The molecule has 0 radical (unpaired) electrons. The van der Waals surface area contributed by atoms with E-state index in [0.717, 1.165) is 4.31 Å². The molecular weight excluding hydrogens is 336 g/mol. The van der Waals surface area contributed by atoms with Crippen LogP contribution in [0.4, 0.5) is 0 Å². The van der Waals surface area contributed by atoms with E-state index in [-0.39, 0.29) is 17.1 Å². The van der Waals surface area contributed by atoms with Crippen molar-refractivity contribution in [2.45, 2.75) is 18.2 Å². The minimum absolute atomic E-state index is 0.0755. The van der Waals surface area contributed by atoms with Crippen LogP contribution in [0.1, 0.15) is 12.5 Å². The lowest BCUT2D eigenvalue weighted by Gasteiger charge is -2.14. The van der Waals surface area contributed by atoms with Crippen LogP contribution in [0.3, 0.4) is 0 Å². The highest BCUT2D eigenvalue weighted by atomic mass is 32.2. The summed E-state index contributed by atoms with van der Waals surface area (Å²) in [6.45, 7) is 1.27. The summed E-state index contributed by atoms with van der Waals surface area (Å²) in [5, 5.41) is 12.6. The van der Waals surface area contributed by atoms with Crippen molar-refractivity contribution in [1.29, 1.82) is 0 Å². The molecule has 0 saturated heterocycles. The topological polar surface area (TPSA) is 113 Å². The first-order valence-corrected chi connectivity index (χ1v) is 8.41. The van der Waals surface area contributed by atoms with Crippen molar-refractivity contribution in [2.24, 2.45) is 11.1 Å². The number of aliphatic carboxylic acids is 1. The second-order valence-corrected chi connectivity index (χ2v) is 7.41. The van der Waals surface area contributed by atoms with Crippen molar-refractivity contribution in [2.75, 3.05) is 21.2 Å². The number of oxime groups is 1. The maximum absolute atomic E-state index is 12.0. The van der Waals surface area contributed by atoms with Crippen LogP contribution in [-0.4, -0.2) is 56.5 Å². The number of benzene rings is 1. The van der Waals surface area contributed by atoms with Crippen LogP contribution < -0.4 is 0 Å². The minimum Gasteiger partial charge on any atom is -0.477 e. The Morgan fingerprint density at radius 3 is 2.17 bits per heavy atom. The number of hydrogen-bond donors (Lipinski definition) is 1. The molecule has 1 rings (SSSR count). The highest BCUT2D eigenvalue weighted by Gasteiger charge is 2.28. The van der Waals surface area contributed by atoms with Crippen molar-refractivity contribution in [3.05, 3.63) is 29.8 Å². The molecule has 1 N–H and O–H groups in total. The van der Waals surface area contributed by atoms with Gasteiger partial charge in [0.15, 0.2) is 5.71 Å². The number of hydrogen-bond acceptors (Lipinski definition) is 6. The lowest BCUT2D eigenvalue weighted by Crippen LogP contribution is -2.31. The summed E-state index contributed by atoms with van der Waals surface area (Å²) in [6.07, 6.45) is 0.0755. The van der Waals surface area contributed by atoms with E-state index in [2.05, 4.69) is 9.99 Å². The minimum atomic E-state index is -3.55. The predicted octanol–water partition coefficient (Wildman–Crippen LogP) is 0.772. The molecule has 8 nitrogen and oxygen atoms in total. The molecule has 9 heteroatoms. The molecule has 0 aromatic heterocycles. The number of carboxylic acids is 1. The maximum Gasteiger partial charge on any atom is 0.354 e. The van der Waals surface area contributed by atoms with E-state index in [4.69, 9.17) is 5.11 Å². The number of Topliss-reactive ketones (excluding diaryl/α,β-unsaturated/α-hetero) is 1. The van der Waals surface area contributed by atoms with Gasteiger partial charge in [-0.3, -0.25) is 4.79 Å². The molecule has 0 amide bonds. The lowest BCUT2D eigenvalue weighted by molar-refractivity contribution is -0.131. The Balaban J connectivity index is 3.12. The van der Waals surface area contributed by atoms with Gasteiger partial charge in [0.05, 0.1) is 10.8 Å². The Bertz CT molecular complexity index is 738. The third-order valence-corrected chi connectivity index (χ3v) is 5.20. The molecule has 0 spiro atoms. The van der Waals surface area contributed by atoms with E-state index in [1.807, 2.05) is 0 Å². The third-order valence-electron chi connectivity index (χ3n) is 3.37. The summed E-state index contributed by atoms with van der Waals surface area (Å²) >= 11 is 0. The van der Waals surface area contributed by atoms with Crippen LogP contribution in [0.25, 0.3) is 0 Å². The van der Waals surface area contributed by atoms with E-state index >= 15 is 0 Å². The normalized spacial score (nSPS) is 13.6. The largest absolute Gasteiger partial charge is 0.477 e. The summed E-state index contributed by atoms with van der Waals surface area (Å²) in [7, 11) is 0.499. The molecule has 0 aliphatic rings. The average Bonchev–Trinajstić information content (AvgIpc) is 2.50. The first-order chi connectivity index (χ1) is 11.1. The summed E-state index contributed by atoms with van der Waals surface area (Å²) in [5.41, 5.74) is 0.216. The fourth-order valence-electron chi connectivity index (χ4n) is 2.03. The standard InChI is InChI=1S/C15H20N2O6S/c1-10(18)13(14(15(19)20)16-23-4)9-11-5-7-12(8-6-11)24(21,22)17(2)3/h5-8,13H,9H2,1-4H3,(H,19,20). The molecule has 1 aromatic carbocycles. The number of nitrogens with zero attached hydrogens (tertiary/aromatic N) is 2. The number of rotatable bonds is 8. The first-order valence-electron chi connectivity index (χ1n) is 6.97. The Morgan fingerprint density at radius 1 is 1.25 bits per heavy atom. The summed E-state index contributed by atoms with van der Waals surface area (Å²) in [5.74, 6) is -2.71. The van der Waals surface area contributed by atoms with Crippen molar-refractivity contribution >= 4 is 27.5 Å². The lowest BCUT2D eigenvalue weighted by atomic mass is 9.91. The summed E-state index contributed by atoms with van der Waals surface area (Å²) in [4.78, 5) is 27.6. The summed E-state index contributed by atoms with van der Waals surface area (Å²) in [6, 6.07) is 5.91. The Labute approximate surface area is 140 Å². The molecule has 0 bridgehead atoms. The van der Waals surface area contributed by atoms with Crippen LogP contribution in [0, 0.1) is 5.92 Å². The molecule has 0 fully saturated rings. The Hall–Kier alpha value is -2.26. The van der Waals surface area contributed by atoms with Crippen LogP contribution in [0.5, 0.6) is 0 Å². The number of ketones is 1. The number of sulfonamides is 1. The second kappa shape index (κ2) is 8.02. The van der Waals surface area contributed by atoms with Crippen LogP contribution in [0.2, 0.25) is 0 Å². The molecule has 1 atom stereocenters. The molecular formula is C15H20N2O6S. The van der Waals surface area contributed by atoms with Gasteiger partial charge in [0.25, 0.3) is 0 Å². The van der Waals surface area contributed by atoms with E-state index in [0.29, 0.717) is 5.56 Å². The smallest absolute Gasteiger partial charge is 0.354 e. The molecule has 132 valence electrons.